The summed E-state index contributed by atoms with van der Waals surface area (Å²) in [5.74, 6) is 1.40. The van der Waals surface area contributed by atoms with E-state index in [2.05, 4.69) is 21.6 Å². The van der Waals surface area contributed by atoms with Crippen molar-refractivity contribution in [2.75, 3.05) is 11.1 Å². The number of nitrogens with one attached hydrogen (secondary N) is 1. The van der Waals surface area contributed by atoms with Crippen LogP contribution in [0.4, 0.5) is 5.69 Å². The normalized spacial score (nSPS) is 10.3. The third-order valence-electron chi connectivity index (χ3n) is 4.24. The second-order valence-electron chi connectivity index (χ2n) is 6.48. The number of hydrogen-bond acceptors (Lipinski definition) is 6. The van der Waals surface area contributed by atoms with Crippen molar-refractivity contribution in [1.82, 2.24) is 10.2 Å². The molecule has 0 atom stereocenters. The lowest BCUT2D eigenvalue weighted by Gasteiger charge is -2.09. The lowest BCUT2D eigenvalue weighted by atomic mass is 10.1. The number of aromatic nitrogens is 2. The number of benzene rings is 2. The molecule has 0 spiro atoms. The van der Waals surface area contributed by atoms with Crippen molar-refractivity contribution in [1.29, 1.82) is 5.26 Å². The van der Waals surface area contributed by atoms with Gasteiger partial charge in [0.25, 0.3) is 0 Å². The van der Waals surface area contributed by atoms with Crippen molar-refractivity contribution >= 4 is 23.4 Å². The maximum absolute atomic E-state index is 12.3. The summed E-state index contributed by atoms with van der Waals surface area (Å²) in [7, 11) is 0. The van der Waals surface area contributed by atoms with Crippen LogP contribution in [-0.2, 0) is 4.79 Å². The number of ether oxygens (including phenoxy) is 1. The molecule has 0 aliphatic carbocycles. The molecular formula is C22H20N4O2S. The molecule has 0 aliphatic rings. The van der Waals surface area contributed by atoms with Crippen molar-refractivity contribution in [3.63, 3.8) is 0 Å². The predicted octanol–water partition coefficient (Wildman–Crippen LogP) is 4.80. The van der Waals surface area contributed by atoms with E-state index in [9.17, 15) is 10.1 Å². The van der Waals surface area contributed by atoms with Gasteiger partial charge in [-0.25, -0.2) is 0 Å². The number of nitriles is 1. The summed E-state index contributed by atoms with van der Waals surface area (Å²) >= 11 is 1.20. The Balaban J connectivity index is 1.57. The summed E-state index contributed by atoms with van der Waals surface area (Å²) in [6.07, 6.45) is 0. The molecule has 0 saturated heterocycles. The van der Waals surface area contributed by atoms with Crippen molar-refractivity contribution in [2.24, 2.45) is 0 Å². The molecule has 0 fully saturated rings. The van der Waals surface area contributed by atoms with Crippen LogP contribution >= 0.6 is 11.8 Å². The van der Waals surface area contributed by atoms with Gasteiger partial charge in [-0.05, 0) is 68.3 Å². The number of thioether (sulfide) groups is 1. The van der Waals surface area contributed by atoms with E-state index in [4.69, 9.17) is 4.74 Å². The zero-order chi connectivity index (χ0) is 20.8. The minimum atomic E-state index is -0.189. The van der Waals surface area contributed by atoms with Gasteiger partial charge in [0.1, 0.15) is 22.6 Å². The fraction of sp³-hybridized carbons (Fsp3) is 0.182. The number of hydrogen-bond donors (Lipinski definition) is 1. The van der Waals surface area contributed by atoms with Crippen LogP contribution in [0.1, 0.15) is 22.4 Å². The molecule has 1 amide bonds. The first-order valence-corrected chi connectivity index (χ1v) is 9.96. The molecule has 1 N–H and O–H groups in total. The number of rotatable bonds is 6. The number of carbonyl (C=O) groups is 1. The summed E-state index contributed by atoms with van der Waals surface area (Å²) in [6.45, 7) is 5.64. The molecule has 1 heterocycles. The average Bonchev–Trinajstić information content (AvgIpc) is 2.70. The van der Waals surface area contributed by atoms with Crippen LogP contribution in [0, 0.1) is 32.1 Å². The molecule has 1 aromatic heterocycles. The summed E-state index contributed by atoms with van der Waals surface area (Å²) in [6, 6.07) is 17.1. The average molecular weight is 404 g/mol. The van der Waals surface area contributed by atoms with Crippen LogP contribution in [0.15, 0.2) is 53.6 Å². The maximum atomic E-state index is 12.3. The lowest BCUT2D eigenvalue weighted by molar-refractivity contribution is -0.113. The van der Waals surface area contributed by atoms with Gasteiger partial charge in [0.05, 0.1) is 17.0 Å². The van der Waals surface area contributed by atoms with Crippen molar-refractivity contribution < 1.29 is 9.53 Å². The third kappa shape index (κ3) is 5.33. The number of amides is 1. The monoisotopic (exact) mass is 404 g/mol. The highest BCUT2D eigenvalue weighted by molar-refractivity contribution is 8.00. The Bertz CT molecular complexity index is 1080. The fourth-order valence-corrected chi connectivity index (χ4v) is 3.35. The van der Waals surface area contributed by atoms with E-state index < -0.39 is 0 Å². The molecular weight excluding hydrogens is 384 g/mol. The highest BCUT2D eigenvalue weighted by Gasteiger charge is 2.13. The smallest absolute Gasteiger partial charge is 0.234 e. The number of anilines is 1. The van der Waals surface area contributed by atoms with Gasteiger partial charge in [0.2, 0.25) is 5.91 Å². The van der Waals surface area contributed by atoms with Gasteiger partial charge in [0, 0.05) is 5.69 Å². The van der Waals surface area contributed by atoms with E-state index in [0.717, 1.165) is 16.9 Å². The zero-order valence-corrected chi connectivity index (χ0v) is 17.2. The third-order valence-corrected chi connectivity index (χ3v) is 5.20. The standard InChI is InChI=1S/C22H20N4O2S/c1-14-5-4-6-19(11-14)28-18-9-7-17(8-10-18)24-21(27)13-29-22-20(12-23)15(2)16(3)25-26-22/h4-11H,13H2,1-3H3,(H,24,27). The van der Waals surface area contributed by atoms with Gasteiger partial charge in [-0.3, -0.25) is 4.79 Å². The summed E-state index contributed by atoms with van der Waals surface area (Å²) in [4.78, 5) is 12.3. The summed E-state index contributed by atoms with van der Waals surface area (Å²) in [5.41, 5.74) is 3.75. The van der Waals surface area contributed by atoms with Crippen LogP contribution in [0.2, 0.25) is 0 Å². The Hall–Kier alpha value is -3.37. The van der Waals surface area contributed by atoms with E-state index >= 15 is 0 Å². The summed E-state index contributed by atoms with van der Waals surface area (Å²) in [5, 5.41) is 20.7. The second kappa shape index (κ2) is 9.22. The first kappa shape index (κ1) is 20.4. The van der Waals surface area contributed by atoms with Gasteiger partial charge in [-0.15, -0.1) is 5.10 Å². The molecule has 0 bridgehead atoms. The predicted molar refractivity (Wildman–Crippen MR) is 113 cm³/mol. The van der Waals surface area contributed by atoms with Gasteiger partial charge in [0.15, 0.2) is 0 Å². The molecule has 0 saturated carbocycles. The van der Waals surface area contributed by atoms with E-state index in [0.29, 0.717) is 27.7 Å². The minimum Gasteiger partial charge on any atom is -0.457 e. The van der Waals surface area contributed by atoms with Crippen LogP contribution in [0.5, 0.6) is 11.5 Å². The zero-order valence-electron chi connectivity index (χ0n) is 16.4. The minimum absolute atomic E-state index is 0.132. The molecule has 0 aliphatic heterocycles. The fourth-order valence-electron chi connectivity index (χ4n) is 2.57. The van der Waals surface area contributed by atoms with Crippen molar-refractivity contribution in [3.8, 4) is 17.6 Å². The SMILES string of the molecule is Cc1cccc(Oc2ccc(NC(=O)CSc3nnc(C)c(C)c3C#N)cc2)c1. The lowest BCUT2D eigenvalue weighted by Crippen LogP contribution is -2.14. The molecule has 0 radical (unpaired) electrons. The van der Waals surface area contributed by atoms with E-state index in [-0.39, 0.29) is 11.7 Å². The second-order valence-corrected chi connectivity index (χ2v) is 7.45. The van der Waals surface area contributed by atoms with E-state index in [1.165, 1.54) is 11.8 Å². The van der Waals surface area contributed by atoms with Crippen molar-refractivity contribution in [3.05, 3.63) is 70.9 Å². The highest BCUT2D eigenvalue weighted by atomic mass is 32.2. The molecule has 3 aromatic rings. The molecule has 29 heavy (non-hydrogen) atoms. The highest BCUT2D eigenvalue weighted by Crippen LogP contribution is 2.25. The Morgan fingerprint density at radius 2 is 1.86 bits per heavy atom. The largest absolute Gasteiger partial charge is 0.457 e. The van der Waals surface area contributed by atoms with Gasteiger partial charge < -0.3 is 10.1 Å². The Labute approximate surface area is 173 Å². The topological polar surface area (TPSA) is 87.9 Å². The molecule has 6 nitrogen and oxygen atoms in total. The van der Waals surface area contributed by atoms with Crippen LogP contribution in [0.25, 0.3) is 0 Å². The van der Waals surface area contributed by atoms with E-state index in [1.54, 1.807) is 31.2 Å². The number of aryl methyl sites for hydroxylation is 2. The summed E-state index contributed by atoms with van der Waals surface area (Å²) < 4.78 is 5.81. The maximum Gasteiger partial charge on any atom is 0.234 e. The van der Waals surface area contributed by atoms with E-state index in [1.807, 2.05) is 38.1 Å². The quantitative estimate of drug-likeness (QED) is 0.594. The van der Waals surface area contributed by atoms with Crippen LogP contribution in [0.3, 0.4) is 0 Å². The number of carbonyl (C=O) groups excluding carboxylic acids is 1. The first-order valence-electron chi connectivity index (χ1n) is 8.97. The molecule has 3 rings (SSSR count). The Kier molecular flexibility index (Phi) is 6.47. The molecule has 7 heteroatoms. The first-order chi connectivity index (χ1) is 14.0. The Morgan fingerprint density at radius 1 is 1.10 bits per heavy atom. The van der Waals surface area contributed by atoms with Crippen LogP contribution < -0.4 is 10.1 Å². The molecule has 2 aromatic carbocycles. The van der Waals surface area contributed by atoms with Gasteiger partial charge in [-0.1, -0.05) is 23.9 Å². The van der Waals surface area contributed by atoms with Crippen molar-refractivity contribution in [2.45, 2.75) is 25.8 Å². The molecule has 146 valence electrons. The Morgan fingerprint density at radius 3 is 2.55 bits per heavy atom. The van der Waals surface area contributed by atoms with Gasteiger partial charge >= 0.3 is 0 Å². The molecule has 0 unspecified atom stereocenters. The van der Waals surface area contributed by atoms with Gasteiger partial charge in [-0.2, -0.15) is 10.4 Å². The number of nitrogens with zero attached hydrogens (tertiary/aromatic N) is 3. The van der Waals surface area contributed by atoms with Crippen LogP contribution in [-0.4, -0.2) is 21.9 Å².